The van der Waals surface area contributed by atoms with Crippen LogP contribution in [0.3, 0.4) is 0 Å². The number of benzene rings is 1. The lowest BCUT2D eigenvalue weighted by atomic mass is 10.1. The molecule has 6 nitrogen and oxygen atoms in total. The van der Waals surface area contributed by atoms with E-state index in [1.807, 2.05) is 24.3 Å². The zero-order valence-corrected chi connectivity index (χ0v) is 14.5. The molecule has 1 aromatic carbocycles. The van der Waals surface area contributed by atoms with Crippen LogP contribution in [-0.4, -0.2) is 14.1 Å². The highest BCUT2D eigenvalue weighted by atomic mass is 16.3. The molecule has 0 spiro atoms. The van der Waals surface area contributed by atoms with Crippen molar-refractivity contribution in [3.8, 4) is 0 Å². The first-order valence-corrected chi connectivity index (χ1v) is 8.65. The number of fused-ring (bicyclic) bond motifs is 2. The van der Waals surface area contributed by atoms with Crippen molar-refractivity contribution in [2.24, 2.45) is 7.05 Å². The van der Waals surface area contributed by atoms with Crippen molar-refractivity contribution in [3.63, 3.8) is 0 Å². The van der Waals surface area contributed by atoms with E-state index in [9.17, 15) is 9.59 Å². The molecule has 0 bridgehead atoms. The monoisotopic (exact) mass is 349 g/mol. The van der Waals surface area contributed by atoms with Gasteiger partial charge in [0.1, 0.15) is 5.58 Å². The van der Waals surface area contributed by atoms with Crippen LogP contribution in [0.1, 0.15) is 18.4 Å². The Morgan fingerprint density at radius 1 is 1.08 bits per heavy atom. The minimum Gasteiger partial charge on any atom is -0.464 e. The average Bonchev–Trinajstić information content (AvgIpc) is 3.09. The molecule has 0 amide bonds. The highest BCUT2D eigenvalue weighted by Gasteiger charge is 2.11. The molecule has 4 rings (SSSR count). The van der Waals surface area contributed by atoms with Gasteiger partial charge in [0.25, 0.3) is 5.56 Å². The second-order valence-electron chi connectivity index (χ2n) is 6.41. The number of aromatic nitrogens is 3. The Morgan fingerprint density at radius 3 is 2.81 bits per heavy atom. The molecule has 0 fully saturated rings. The summed E-state index contributed by atoms with van der Waals surface area (Å²) >= 11 is 0. The third-order valence-electron chi connectivity index (χ3n) is 4.79. The molecule has 0 radical (unpaired) electrons. The molecule has 0 aliphatic carbocycles. The van der Waals surface area contributed by atoms with Crippen LogP contribution in [0.15, 0.2) is 63.0 Å². The molecule has 6 heteroatoms. The molecule has 0 aliphatic rings. The van der Waals surface area contributed by atoms with Crippen LogP contribution in [0.25, 0.3) is 21.9 Å². The fourth-order valence-electron chi connectivity index (χ4n) is 3.36. The highest BCUT2D eigenvalue weighted by Crippen LogP contribution is 2.22. The summed E-state index contributed by atoms with van der Waals surface area (Å²) in [5, 5.41) is 1.64. The van der Waals surface area contributed by atoms with Gasteiger partial charge in [0.05, 0.1) is 23.4 Å². The molecule has 132 valence electrons. The summed E-state index contributed by atoms with van der Waals surface area (Å²) in [6.07, 6.45) is 7.37. The van der Waals surface area contributed by atoms with Crippen LogP contribution < -0.4 is 11.2 Å². The third kappa shape index (κ3) is 2.73. The van der Waals surface area contributed by atoms with E-state index in [0.29, 0.717) is 17.4 Å². The van der Waals surface area contributed by atoms with Gasteiger partial charge in [0.2, 0.25) is 0 Å². The minimum absolute atomic E-state index is 0.251. The number of pyridine rings is 1. The van der Waals surface area contributed by atoms with Gasteiger partial charge in [0, 0.05) is 25.2 Å². The average molecular weight is 349 g/mol. The molecule has 0 atom stereocenters. The van der Waals surface area contributed by atoms with Crippen LogP contribution in [0, 0.1) is 0 Å². The molecule has 0 saturated heterocycles. The fourth-order valence-corrected chi connectivity index (χ4v) is 3.36. The highest BCUT2D eigenvalue weighted by molar-refractivity contribution is 5.80. The van der Waals surface area contributed by atoms with E-state index in [-0.39, 0.29) is 11.2 Å². The second-order valence-corrected chi connectivity index (χ2v) is 6.41. The van der Waals surface area contributed by atoms with E-state index in [0.717, 1.165) is 35.8 Å². The molecule has 26 heavy (non-hydrogen) atoms. The molecule has 3 heterocycles. The van der Waals surface area contributed by atoms with Crippen LogP contribution in [-0.2, 0) is 20.0 Å². The smallest absolute Gasteiger partial charge is 0.331 e. The van der Waals surface area contributed by atoms with Crippen molar-refractivity contribution in [2.75, 3.05) is 0 Å². The first-order chi connectivity index (χ1) is 12.7. The number of unbranched alkanes of at least 4 members (excludes halogenated alkanes) is 1. The third-order valence-corrected chi connectivity index (χ3v) is 4.79. The van der Waals surface area contributed by atoms with E-state index < -0.39 is 0 Å². The Morgan fingerprint density at radius 2 is 1.92 bits per heavy atom. The standard InChI is InChI=1S/C20H19N3O3/c1-22-17-12-21-10-9-16(17)19(24)23(20(22)25)11-5-4-6-14-13-26-18-8-3-2-7-15(14)18/h2-3,7-10,12-13H,4-6,11H2,1H3. The number of nitrogens with zero attached hydrogens (tertiary/aromatic N) is 3. The zero-order chi connectivity index (χ0) is 18.1. The fraction of sp³-hybridized carbons (Fsp3) is 0.250. The summed E-state index contributed by atoms with van der Waals surface area (Å²) in [6, 6.07) is 9.60. The summed E-state index contributed by atoms with van der Waals surface area (Å²) in [4.78, 5) is 29.1. The Kier molecular flexibility index (Phi) is 4.16. The Balaban J connectivity index is 1.52. The second kappa shape index (κ2) is 6.63. The first-order valence-electron chi connectivity index (χ1n) is 8.65. The van der Waals surface area contributed by atoms with Crippen LogP contribution >= 0.6 is 0 Å². The summed E-state index contributed by atoms with van der Waals surface area (Å²) in [7, 11) is 1.67. The normalized spacial score (nSPS) is 11.4. The predicted molar refractivity (Wildman–Crippen MR) is 100 cm³/mol. The SMILES string of the molecule is Cn1c(=O)n(CCCCc2coc3ccccc23)c(=O)c2ccncc21. The van der Waals surface area contributed by atoms with Crippen molar-refractivity contribution in [3.05, 3.63) is 75.4 Å². The lowest BCUT2D eigenvalue weighted by molar-refractivity contribution is 0.552. The summed E-state index contributed by atoms with van der Waals surface area (Å²) in [5.74, 6) is 0. The summed E-state index contributed by atoms with van der Waals surface area (Å²) in [6.45, 7) is 0.402. The van der Waals surface area contributed by atoms with Gasteiger partial charge < -0.3 is 4.42 Å². The Bertz CT molecular complexity index is 1200. The maximum Gasteiger partial charge on any atom is 0.331 e. The van der Waals surface area contributed by atoms with Gasteiger partial charge in [-0.05, 0) is 37.0 Å². The molecule has 4 aromatic rings. The maximum atomic E-state index is 12.6. The van der Waals surface area contributed by atoms with Crippen molar-refractivity contribution < 1.29 is 4.42 Å². The minimum atomic E-state index is -0.302. The van der Waals surface area contributed by atoms with Crippen LogP contribution in [0.2, 0.25) is 0 Å². The largest absolute Gasteiger partial charge is 0.464 e. The van der Waals surface area contributed by atoms with Crippen molar-refractivity contribution in [2.45, 2.75) is 25.8 Å². The molecule has 3 aromatic heterocycles. The van der Waals surface area contributed by atoms with E-state index in [2.05, 4.69) is 4.98 Å². The summed E-state index contributed by atoms with van der Waals surface area (Å²) < 4.78 is 8.35. The Hall–Kier alpha value is -3.15. The number of aryl methyl sites for hydroxylation is 2. The van der Waals surface area contributed by atoms with Gasteiger partial charge in [-0.3, -0.25) is 18.9 Å². The number of furan rings is 1. The molecular formula is C20H19N3O3. The lowest BCUT2D eigenvalue weighted by Crippen LogP contribution is -2.39. The number of hydrogen-bond acceptors (Lipinski definition) is 4. The lowest BCUT2D eigenvalue weighted by Gasteiger charge is -2.10. The molecule has 0 aliphatic heterocycles. The first kappa shape index (κ1) is 16.3. The molecule has 0 unspecified atom stereocenters. The van der Waals surface area contributed by atoms with Crippen LogP contribution in [0.5, 0.6) is 0 Å². The topological polar surface area (TPSA) is 70.0 Å². The van der Waals surface area contributed by atoms with Crippen LogP contribution in [0.4, 0.5) is 0 Å². The Labute approximate surface area is 149 Å². The van der Waals surface area contributed by atoms with Gasteiger partial charge >= 0.3 is 5.69 Å². The van der Waals surface area contributed by atoms with E-state index in [1.54, 1.807) is 31.8 Å². The van der Waals surface area contributed by atoms with E-state index >= 15 is 0 Å². The molecule has 0 N–H and O–H groups in total. The summed E-state index contributed by atoms with van der Waals surface area (Å²) in [5.41, 5.74) is 2.05. The van der Waals surface area contributed by atoms with Gasteiger partial charge in [-0.2, -0.15) is 0 Å². The van der Waals surface area contributed by atoms with Gasteiger partial charge in [-0.1, -0.05) is 18.2 Å². The van der Waals surface area contributed by atoms with E-state index in [4.69, 9.17) is 4.42 Å². The molecular weight excluding hydrogens is 330 g/mol. The predicted octanol–water partition coefficient (Wildman–Crippen LogP) is 2.86. The van der Waals surface area contributed by atoms with Gasteiger partial charge in [0.15, 0.2) is 0 Å². The van der Waals surface area contributed by atoms with Gasteiger partial charge in [-0.25, -0.2) is 4.79 Å². The quantitative estimate of drug-likeness (QED) is 0.520. The van der Waals surface area contributed by atoms with Crippen molar-refractivity contribution in [1.29, 1.82) is 0 Å². The number of para-hydroxylation sites is 1. The van der Waals surface area contributed by atoms with E-state index in [1.165, 1.54) is 9.13 Å². The van der Waals surface area contributed by atoms with Crippen molar-refractivity contribution in [1.82, 2.24) is 14.1 Å². The van der Waals surface area contributed by atoms with Gasteiger partial charge in [-0.15, -0.1) is 0 Å². The maximum absolute atomic E-state index is 12.6. The number of rotatable bonds is 5. The zero-order valence-electron chi connectivity index (χ0n) is 14.5. The molecule has 0 saturated carbocycles. The van der Waals surface area contributed by atoms with Crippen molar-refractivity contribution >= 4 is 21.9 Å². The number of hydrogen-bond donors (Lipinski definition) is 0.